The van der Waals surface area contributed by atoms with Crippen LogP contribution in [0.5, 0.6) is 0 Å². The Labute approximate surface area is 150 Å². The molecule has 0 fully saturated rings. The van der Waals surface area contributed by atoms with Gasteiger partial charge in [0.2, 0.25) is 18.0 Å². The van der Waals surface area contributed by atoms with Gasteiger partial charge in [-0.1, -0.05) is 60.1 Å². The van der Waals surface area contributed by atoms with Crippen molar-refractivity contribution in [2.45, 2.75) is 13.2 Å². The molecule has 1 unspecified atom stereocenters. The molecule has 0 spiro atoms. The number of hydrazone groups is 1. The van der Waals surface area contributed by atoms with Crippen LogP contribution in [0.1, 0.15) is 24.3 Å². The Morgan fingerprint density at radius 2 is 1.84 bits per heavy atom. The summed E-state index contributed by atoms with van der Waals surface area (Å²) in [5.41, 5.74) is 1.63. The van der Waals surface area contributed by atoms with Gasteiger partial charge >= 0.3 is 0 Å². The maximum atomic E-state index is 12.1. The Balaban J connectivity index is 1.79. The number of hydrogen-bond acceptors (Lipinski definition) is 3. The van der Waals surface area contributed by atoms with Crippen molar-refractivity contribution in [2.24, 2.45) is 5.10 Å². The van der Waals surface area contributed by atoms with E-state index in [1.165, 1.54) is 11.9 Å². The van der Waals surface area contributed by atoms with Crippen molar-refractivity contribution >= 4 is 34.2 Å². The van der Waals surface area contributed by atoms with E-state index in [0.29, 0.717) is 10.9 Å². The standard InChI is InChI=1S/C20H15ClN2O2/c1-13(24)23-20(18-11-5-7-14-6-2-3-10-17(14)18)25-19(22-23)15-8-4-9-16(21)12-15/h2-12,20H,1H3. The molecule has 0 bridgehead atoms. The summed E-state index contributed by atoms with van der Waals surface area (Å²) in [6, 6.07) is 21.2. The first kappa shape index (κ1) is 15.7. The lowest BCUT2D eigenvalue weighted by atomic mass is 10.0. The van der Waals surface area contributed by atoms with Crippen LogP contribution in [-0.4, -0.2) is 16.8 Å². The second-order valence-electron chi connectivity index (χ2n) is 5.82. The van der Waals surface area contributed by atoms with Crippen LogP contribution in [0.3, 0.4) is 0 Å². The first-order valence-electron chi connectivity index (χ1n) is 7.92. The molecule has 3 aromatic carbocycles. The normalized spacial score (nSPS) is 16.6. The first-order chi connectivity index (χ1) is 12.1. The number of halogens is 1. The molecule has 1 amide bonds. The van der Waals surface area contributed by atoms with Crippen molar-refractivity contribution in [3.05, 3.63) is 82.9 Å². The van der Waals surface area contributed by atoms with Gasteiger partial charge in [0, 0.05) is 23.1 Å². The highest BCUT2D eigenvalue weighted by atomic mass is 35.5. The summed E-state index contributed by atoms with van der Waals surface area (Å²) in [4.78, 5) is 12.1. The summed E-state index contributed by atoms with van der Waals surface area (Å²) in [7, 11) is 0. The van der Waals surface area contributed by atoms with Crippen LogP contribution in [-0.2, 0) is 9.53 Å². The molecule has 1 aliphatic heterocycles. The Morgan fingerprint density at radius 3 is 2.64 bits per heavy atom. The Morgan fingerprint density at radius 1 is 1.08 bits per heavy atom. The number of benzene rings is 3. The van der Waals surface area contributed by atoms with Crippen LogP contribution in [0, 0.1) is 0 Å². The molecule has 0 aromatic heterocycles. The third kappa shape index (κ3) is 2.85. The Hall–Kier alpha value is -2.85. The number of carbonyl (C=O) groups excluding carboxylic acids is 1. The van der Waals surface area contributed by atoms with E-state index in [1.54, 1.807) is 12.1 Å². The van der Waals surface area contributed by atoms with Crippen LogP contribution in [0.15, 0.2) is 71.8 Å². The van der Waals surface area contributed by atoms with E-state index in [-0.39, 0.29) is 5.91 Å². The largest absolute Gasteiger partial charge is 0.446 e. The zero-order valence-corrected chi connectivity index (χ0v) is 14.3. The minimum Gasteiger partial charge on any atom is -0.446 e. The van der Waals surface area contributed by atoms with Gasteiger partial charge in [-0.15, -0.1) is 5.10 Å². The van der Waals surface area contributed by atoms with Gasteiger partial charge in [0.15, 0.2) is 0 Å². The number of hydrogen-bond donors (Lipinski definition) is 0. The highest BCUT2D eigenvalue weighted by molar-refractivity contribution is 6.31. The molecule has 0 N–H and O–H groups in total. The predicted molar refractivity (Wildman–Crippen MR) is 98.3 cm³/mol. The average Bonchev–Trinajstić information content (AvgIpc) is 3.07. The van der Waals surface area contributed by atoms with Crippen molar-refractivity contribution in [1.82, 2.24) is 5.01 Å². The van der Waals surface area contributed by atoms with Crippen LogP contribution in [0.25, 0.3) is 10.8 Å². The smallest absolute Gasteiger partial charge is 0.243 e. The second kappa shape index (κ2) is 6.22. The van der Waals surface area contributed by atoms with Crippen LogP contribution < -0.4 is 0 Å². The van der Waals surface area contributed by atoms with E-state index < -0.39 is 6.23 Å². The molecule has 1 atom stereocenters. The fraction of sp³-hybridized carbons (Fsp3) is 0.100. The number of rotatable bonds is 2. The molecule has 0 aliphatic carbocycles. The van der Waals surface area contributed by atoms with Crippen molar-refractivity contribution in [3.8, 4) is 0 Å². The van der Waals surface area contributed by atoms with Gasteiger partial charge in [-0.05, 0) is 29.0 Å². The molecule has 124 valence electrons. The predicted octanol–water partition coefficient (Wildman–Crippen LogP) is 4.73. The number of nitrogens with zero attached hydrogens (tertiary/aromatic N) is 2. The van der Waals surface area contributed by atoms with E-state index in [4.69, 9.17) is 16.3 Å². The van der Waals surface area contributed by atoms with Crippen molar-refractivity contribution < 1.29 is 9.53 Å². The highest BCUT2D eigenvalue weighted by Crippen LogP contribution is 2.34. The SMILES string of the molecule is CC(=O)N1N=C(c2cccc(Cl)c2)OC1c1cccc2ccccc12. The zero-order valence-electron chi connectivity index (χ0n) is 13.5. The van der Waals surface area contributed by atoms with Crippen LogP contribution >= 0.6 is 11.6 Å². The van der Waals surface area contributed by atoms with Gasteiger partial charge in [0.1, 0.15) is 0 Å². The summed E-state index contributed by atoms with van der Waals surface area (Å²) in [5, 5.41) is 8.46. The molecule has 5 heteroatoms. The Kier molecular flexibility index (Phi) is 3.90. The summed E-state index contributed by atoms with van der Waals surface area (Å²) in [6.45, 7) is 1.48. The number of fused-ring (bicyclic) bond motifs is 1. The molecule has 0 saturated carbocycles. The van der Waals surface area contributed by atoms with E-state index in [0.717, 1.165) is 21.9 Å². The molecule has 1 aliphatic rings. The molecular weight excluding hydrogens is 336 g/mol. The molecule has 4 rings (SSSR count). The monoisotopic (exact) mass is 350 g/mol. The van der Waals surface area contributed by atoms with E-state index in [9.17, 15) is 4.79 Å². The van der Waals surface area contributed by atoms with Gasteiger partial charge in [-0.2, -0.15) is 5.01 Å². The zero-order chi connectivity index (χ0) is 17.4. The topological polar surface area (TPSA) is 41.9 Å². The van der Waals surface area contributed by atoms with Gasteiger partial charge in [0.05, 0.1) is 0 Å². The lowest BCUT2D eigenvalue weighted by molar-refractivity contribution is -0.135. The van der Waals surface area contributed by atoms with E-state index in [1.807, 2.05) is 54.6 Å². The molecule has 0 saturated heterocycles. The molecule has 3 aromatic rings. The minimum atomic E-state index is -0.599. The summed E-state index contributed by atoms with van der Waals surface area (Å²) >= 11 is 6.06. The van der Waals surface area contributed by atoms with E-state index in [2.05, 4.69) is 5.10 Å². The Bertz CT molecular complexity index is 994. The van der Waals surface area contributed by atoms with E-state index >= 15 is 0 Å². The quantitative estimate of drug-likeness (QED) is 0.670. The molecular formula is C20H15ClN2O2. The van der Waals surface area contributed by atoms with Crippen molar-refractivity contribution in [2.75, 3.05) is 0 Å². The fourth-order valence-corrected chi connectivity index (χ4v) is 3.16. The number of amides is 1. The maximum Gasteiger partial charge on any atom is 0.243 e. The maximum absolute atomic E-state index is 12.1. The van der Waals surface area contributed by atoms with Crippen LogP contribution in [0.2, 0.25) is 5.02 Å². The van der Waals surface area contributed by atoms with Gasteiger partial charge in [-0.3, -0.25) is 4.79 Å². The van der Waals surface area contributed by atoms with Gasteiger partial charge in [0.25, 0.3) is 0 Å². The summed E-state index contributed by atoms with van der Waals surface area (Å²) in [5.74, 6) is 0.200. The van der Waals surface area contributed by atoms with Gasteiger partial charge in [-0.25, -0.2) is 0 Å². The average molecular weight is 351 g/mol. The molecule has 0 radical (unpaired) electrons. The van der Waals surface area contributed by atoms with Crippen LogP contribution in [0.4, 0.5) is 0 Å². The highest BCUT2D eigenvalue weighted by Gasteiger charge is 2.34. The fourth-order valence-electron chi connectivity index (χ4n) is 2.97. The lowest BCUT2D eigenvalue weighted by Crippen LogP contribution is -2.25. The molecule has 25 heavy (non-hydrogen) atoms. The van der Waals surface area contributed by atoms with Crippen molar-refractivity contribution in [1.29, 1.82) is 0 Å². The molecule has 1 heterocycles. The van der Waals surface area contributed by atoms with Crippen molar-refractivity contribution in [3.63, 3.8) is 0 Å². The third-order valence-electron chi connectivity index (χ3n) is 4.13. The number of ether oxygens (including phenoxy) is 1. The summed E-state index contributed by atoms with van der Waals surface area (Å²) < 4.78 is 6.07. The number of carbonyl (C=O) groups is 1. The minimum absolute atomic E-state index is 0.185. The lowest BCUT2D eigenvalue weighted by Gasteiger charge is -2.20. The second-order valence-corrected chi connectivity index (χ2v) is 6.25. The first-order valence-corrected chi connectivity index (χ1v) is 8.30. The third-order valence-corrected chi connectivity index (χ3v) is 4.36. The summed E-state index contributed by atoms with van der Waals surface area (Å²) in [6.07, 6.45) is -0.599. The molecule has 4 nitrogen and oxygen atoms in total. The van der Waals surface area contributed by atoms with Gasteiger partial charge < -0.3 is 4.74 Å².